The molecule has 1 saturated heterocycles. The first-order chi connectivity index (χ1) is 15.3. The zero-order chi connectivity index (χ0) is 24.9. The molecule has 0 spiro atoms. The predicted molar refractivity (Wildman–Crippen MR) is 114 cm³/mol. The van der Waals surface area contributed by atoms with E-state index in [1.165, 1.54) is 26.1 Å². The zero-order valence-electron chi connectivity index (χ0n) is 19.3. The molecule has 1 fully saturated rings. The number of anilines is 1. The topological polar surface area (TPSA) is 165 Å². The van der Waals surface area contributed by atoms with Crippen LogP contribution in [-0.2, 0) is 37.4 Å². The van der Waals surface area contributed by atoms with Gasteiger partial charge < -0.3 is 24.4 Å². The summed E-state index contributed by atoms with van der Waals surface area (Å²) >= 11 is 0. The number of aromatic nitrogens is 2. The van der Waals surface area contributed by atoms with Crippen molar-refractivity contribution in [1.82, 2.24) is 9.55 Å². The molecule has 0 saturated carbocycles. The van der Waals surface area contributed by atoms with Crippen LogP contribution in [0, 0.1) is 0 Å². The Morgan fingerprint density at radius 2 is 1.91 bits per heavy atom. The van der Waals surface area contributed by atoms with E-state index >= 15 is 0 Å². The van der Waals surface area contributed by atoms with E-state index in [1.54, 1.807) is 27.7 Å². The van der Waals surface area contributed by atoms with Crippen molar-refractivity contribution in [3.05, 3.63) is 22.7 Å². The summed E-state index contributed by atoms with van der Waals surface area (Å²) in [6.45, 7) is 8.63. The van der Waals surface area contributed by atoms with Crippen LogP contribution >= 0.6 is 7.82 Å². The minimum atomic E-state index is -4.39. The highest BCUT2D eigenvalue weighted by atomic mass is 31.2. The SMILES string of the molecule is CC(=O)Nc1ccn([C@@H]2O[C@H](COP(=O)(O)OC(C)C)C(OC(C)C)[C@@H]2OC(C)=O)c(=O)n1. The van der Waals surface area contributed by atoms with Crippen LogP contribution in [-0.4, -0.2) is 63.4 Å². The van der Waals surface area contributed by atoms with Gasteiger partial charge in [0.05, 0.1) is 18.8 Å². The molecule has 1 aliphatic rings. The van der Waals surface area contributed by atoms with Crippen molar-refractivity contribution in [2.24, 2.45) is 0 Å². The first-order valence-corrected chi connectivity index (χ1v) is 11.8. The fourth-order valence-electron chi connectivity index (χ4n) is 3.18. The zero-order valence-corrected chi connectivity index (χ0v) is 20.2. The van der Waals surface area contributed by atoms with Crippen molar-refractivity contribution in [3.63, 3.8) is 0 Å². The van der Waals surface area contributed by atoms with E-state index in [0.717, 1.165) is 4.57 Å². The lowest BCUT2D eigenvalue weighted by Gasteiger charge is -2.26. The summed E-state index contributed by atoms with van der Waals surface area (Å²) in [6.07, 6.45) is -3.82. The summed E-state index contributed by atoms with van der Waals surface area (Å²) in [5.74, 6) is -1.03. The van der Waals surface area contributed by atoms with Crippen molar-refractivity contribution in [3.8, 4) is 0 Å². The maximum Gasteiger partial charge on any atom is 0.472 e. The van der Waals surface area contributed by atoms with Gasteiger partial charge in [-0.05, 0) is 33.8 Å². The fourth-order valence-corrected chi connectivity index (χ4v) is 4.11. The van der Waals surface area contributed by atoms with Gasteiger partial charge in [0.2, 0.25) is 5.91 Å². The van der Waals surface area contributed by atoms with E-state index in [2.05, 4.69) is 10.3 Å². The second-order valence-electron chi connectivity index (χ2n) is 7.89. The van der Waals surface area contributed by atoms with Crippen molar-refractivity contribution in [2.45, 2.75) is 78.3 Å². The third-order valence-electron chi connectivity index (χ3n) is 4.17. The van der Waals surface area contributed by atoms with Crippen molar-refractivity contribution in [2.75, 3.05) is 11.9 Å². The highest BCUT2D eigenvalue weighted by Crippen LogP contribution is 2.46. The van der Waals surface area contributed by atoms with Crippen LogP contribution in [0.2, 0.25) is 0 Å². The Morgan fingerprint density at radius 3 is 2.42 bits per heavy atom. The molecular formula is C19H30N3O10P. The van der Waals surface area contributed by atoms with Crippen LogP contribution in [0.25, 0.3) is 0 Å². The van der Waals surface area contributed by atoms with Gasteiger partial charge in [-0.2, -0.15) is 4.98 Å². The molecule has 0 bridgehead atoms. The largest absolute Gasteiger partial charge is 0.472 e. The molecular weight excluding hydrogens is 461 g/mol. The van der Waals surface area contributed by atoms with E-state index in [-0.39, 0.29) is 11.9 Å². The van der Waals surface area contributed by atoms with E-state index in [9.17, 15) is 23.8 Å². The third-order valence-corrected chi connectivity index (χ3v) is 5.33. The van der Waals surface area contributed by atoms with Gasteiger partial charge in [-0.1, -0.05) is 0 Å². The molecule has 14 heteroatoms. The minimum absolute atomic E-state index is 0.0349. The Hall–Kier alpha value is -2.15. The molecule has 2 heterocycles. The van der Waals surface area contributed by atoms with Crippen LogP contribution in [0.1, 0.15) is 47.8 Å². The number of carbonyl (C=O) groups is 2. The van der Waals surface area contributed by atoms with Crippen molar-refractivity contribution < 1.29 is 42.3 Å². The molecule has 0 aromatic carbocycles. The number of amides is 1. The Bertz CT molecular complexity index is 950. The van der Waals surface area contributed by atoms with E-state index in [4.69, 9.17) is 23.3 Å². The number of ether oxygens (including phenoxy) is 3. The summed E-state index contributed by atoms with van der Waals surface area (Å²) in [7, 11) is -4.39. The van der Waals surface area contributed by atoms with Gasteiger partial charge in [0.25, 0.3) is 0 Å². The van der Waals surface area contributed by atoms with Gasteiger partial charge >= 0.3 is 19.5 Å². The number of rotatable bonds is 10. The predicted octanol–water partition coefficient (Wildman–Crippen LogP) is 1.37. The summed E-state index contributed by atoms with van der Waals surface area (Å²) < 4.78 is 40.3. The summed E-state index contributed by atoms with van der Waals surface area (Å²) in [6, 6.07) is 1.37. The van der Waals surface area contributed by atoms with E-state index < -0.39 is 62.6 Å². The van der Waals surface area contributed by atoms with Gasteiger partial charge in [0, 0.05) is 20.0 Å². The molecule has 1 aromatic rings. The number of hydrogen-bond donors (Lipinski definition) is 2. The average molecular weight is 491 g/mol. The second-order valence-corrected chi connectivity index (χ2v) is 9.30. The first kappa shape index (κ1) is 27.1. The van der Waals surface area contributed by atoms with Crippen molar-refractivity contribution in [1.29, 1.82) is 0 Å². The molecule has 2 rings (SSSR count). The average Bonchev–Trinajstić information content (AvgIpc) is 2.95. The molecule has 33 heavy (non-hydrogen) atoms. The van der Waals surface area contributed by atoms with Gasteiger partial charge in [0.15, 0.2) is 12.3 Å². The molecule has 0 radical (unpaired) electrons. The Labute approximate surface area is 190 Å². The maximum atomic E-state index is 12.6. The van der Waals surface area contributed by atoms with Gasteiger partial charge in [-0.25, -0.2) is 9.36 Å². The standard InChI is InChI=1S/C19H30N3O10P/c1-10(2)29-16-14(9-28-33(26,27)32-11(3)4)31-18(17(16)30-13(6)24)22-8-7-15(20-12(5)23)21-19(22)25/h7-8,10-11,14,16-18H,9H2,1-6H3,(H,26,27)(H,20,21,23,25)/t14-,16?,17+,18-/m1/s1. The molecule has 0 aliphatic carbocycles. The quantitative estimate of drug-likeness (QED) is 0.359. The van der Waals surface area contributed by atoms with E-state index in [0.29, 0.717) is 0 Å². The van der Waals surface area contributed by atoms with Crippen LogP contribution in [0.5, 0.6) is 0 Å². The van der Waals surface area contributed by atoms with Gasteiger partial charge in [-0.3, -0.25) is 23.2 Å². The first-order valence-electron chi connectivity index (χ1n) is 10.3. The van der Waals surface area contributed by atoms with Crippen LogP contribution < -0.4 is 11.0 Å². The maximum absolute atomic E-state index is 12.6. The number of phosphoric acid groups is 1. The van der Waals surface area contributed by atoms with Crippen LogP contribution in [0.4, 0.5) is 5.82 Å². The highest BCUT2D eigenvalue weighted by molar-refractivity contribution is 7.47. The lowest BCUT2D eigenvalue weighted by molar-refractivity contribution is -0.159. The lowest BCUT2D eigenvalue weighted by atomic mass is 10.1. The number of nitrogens with one attached hydrogen (secondary N) is 1. The van der Waals surface area contributed by atoms with Crippen molar-refractivity contribution >= 4 is 25.5 Å². The number of esters is 1. The molecule has 1 aromatic heterocycles. The summed E-state index contributed by atoms with van der Waals surface area (Å²) in [5, 5.41) is 2.40. The van der Waals surface area contributed by atoms with Crippen LogP contribution in [0.15, 0.2) is 17.1 Å². The molecule has 2 unspecified atom stereocenters. The second kappa shape index (κ2) is 11.3. The number of nitrogens with zero attached hydrogens (tertiary/aromatic N) is 2. The van der Waals surface area contributed by atoms with Gasteiger partial charge in [-0.15, -0.1) is 0 Å². The van der Waals surface area contributed by atoms with Gasteiger partial charge in [0.1, 0.15) is 18.0 Å². The molecule has 1 aliphatic heterocycles. The van der Waals surface area contributed by atoms with Crippen LogP contribution in [0.3, 0.4) is 0 Å². The fraction of sp³-hybridized carbons (Fsp3) is 0.684. The summed E-state index contributed by atoms with van der Waals surface area (Å²) in [5.41, 5.74) is -0.788. The molecule has 2 N–H and O–H groups in total. The molecule has 186 valence electrons. The lowest BCUT2D eigenvalue weighted by Crippen LogP contribution is -2.42. The normalized spacial score (nSPS) is 24.6. The number of carbonyl (C=O) groups excluding carboxylic acids is 2. The number of phosphoric ester groups is 1. The highest BCUT2D eigenvalue weighted by Gasteiger charge is 2.50. The Balaban J connectivity index is 2.37. The molecule has 13 nitrogen and oxygen atoms in total. The summed E-state index contributed by atoms with van der Waals surface area (Å²) in [4.78, 5) is 49.3. The monoisotopic (exact) mass is 491 g/mol. The smallest absolute Gasteiger partial charge is 0.455 e. The molecule has 5 atom stereocenters. The molecule has 1 amide bonds. The Morgan fingerprint density at radius 1 is 1.24 bits per heavy atom. The third kappa shape index (κ3) is 7.98. The Kier molecular flexibility index (Phi) is 9.29. The van der Waals surface area contributed by atoms with E-state index in [1.807, 2.05) is 0 Å². The minimum Gasteiger partial charge on any atom is -0.455 e. The number of hydrogen-bond acceptors (Lipinski definition) is 10.